The molecule has 0 saturated carbocycles. The smallest absolute Gasteiger partial charge is 0.0675 e. The Bertz CT molecular complexity index is 320. The van der Waals surface area contributed by atoms with E-state index in [2.05, 4.69) is 17.2 Å². The Labute approximate surface area is 85.6 Å². The van der Waals surface area contributed by atoms with Crippen LogP contribution >= 0.6 is 0 Å². The van der Waals surface area contributed by atoms with E-state index in [1.54, 1.807) is 0 Å². The zero-order valence-electron chi connectivity index (χ0n) is 9.23. The molecule has 2 rings (SSSR count). The Morgan fingerprint density at radius 2 is 1.71 bits per heavy atom. The summed E-state index contributed by atoms with van der Waals surface area (Å²) in [5.41, 5.74) is 2.35. The molecule has 0 saturated heterocycles. The van der Waals surface area contributed by atoms with Crippen molar-refractivity contribution >= 4 is 11.9 Å². The normalized spacial score (nSPS) is 13.1. The fourth-order valence-electron chi connectivity index (χ4n) is 1.27. The molecule has 0 N–H and O–H groups in total. The highest BCUT2D eigenvalue weighted by atomic mass is 15.8. The average Bonchev–Trinajstić information content (AvgIpc) is 2.27. The number of para-hydroxylation sites is 1. The summed E-state index contributed by atoms with van der Waals surface area (Å²) in [6.45, 7) is 4.00. The van der Waals surface area contributed by atoms with Gasteiger partial charge in [0.1, 0.15) is 0 Å². The van der Waals surface area contributed by atoms with Gasteiger partial charge in [-0.25, -0.2) is 5.12 Å². The van der Waals surface area contributed by atoms with Crippen molar-refractivity contribution in [2.45, 2.75) is 13.8 Å². The second kappa shape index (κ2) is 4.65. The first-order chi connectivity index (χ1) is 6.79. The molecule has 76 valence electrons. The summed E-state index contributed by atoms with van der Waals surface area (Å²) in [4.78, 5) is 0. The Morgan fingerprint density at radius 1 is 1.07 bits per heavy atom. The highest BCUT2D eigenvalue weighted by Crippen LogP contribution is 2.21. The van der Waals surface area contributed by atoms with Gasteiger partial charge in [0.15, 0.2) is 0 Å². The van der Waals surface area contributed by atoms with Gasteiger partial charge >= 0.3 is 0 Å². The largest absolute Gasteiger partial charge is 0.272 e. The number of hydrogen-bond donors (Lipinski definition) is 0. The molecule has 0 aliphatic carbocycles. The lowest BCUT2D eigenvalue weighted by atomic mass is 10.2. The summed E-state index contributed by atoms with van der Waals surface area (Å²) in [6, 6.07) is 8.19. The molecule has 3 heteroatoms. The van der Waals surface area contributed by atoms with E-state index in [-0.39, 0.29) is 0 Å². The van der Waals surface area contributed by atoms with Gasteiger partial charge in [0.05, 0.1) is 11.9 Å². The summed E-state index contributed by atoms with van der Waals surface area (Å²) < 4.78 is 0. The van der Waals surface area contributed by atoms with E-state index in [1.807, 2.05) is 56.4 Å². The molecule has 3 nitrogen and oxygen atoms in total. The Kier molecular flexibility index (Phi) is 3.51. The summed E-state index contributed by atoms with van der Waals surface area (Å²) in [6.07, 6.45) is 1.87. The van der Waals surface area contributed by atoms with Gasteiger partial charge in [0.25, 0.3) is 0 Å². The van der Waals surface area contributed by atoms with Crippen molar-refractivity contribution in [2.24, 2.45) is 5.10 Å². The summed E-state index contributed by atoms with van der Waals surface area (Å²) in [5.74, 6) is 0. The van der Waals surface area contributed by atoms with Gasteiger partial charge in [-0.15, -0.1) is 0 Å². The second-order valence-corrected chi connectivity index (χ2v) is 2.82. The molecule has 0 bridgehead atoms. The maximum absolute atomic E-state index is 4.19. The van der Waals surface area contributed by atoms with E-state index < -0.39 is 0 Å². The fourth-order valence-corrected chi connectivity index (χ4v) is 1.27. The molecule has 0 aromatic heterocycles. The van der Waals surface area contributed by atoms with E-state index in [1.165, 1.54) is 5.69 Å². The topological polar surface area (TPSA) is 18.8 Å². The minimum atomic E-state index is 1.16. The van der Waals surface area contributed by atoms with Gasteiger partial charge in [-0.2, -0.15) is 5.10 Å². The van der Waals surface area contributed by atoms with Gasteiger partial charge in [0.2, 0.25) is 0 Å². The maximum atomic E-state index is 4.19. The van der Waals surface area contributed by atoms with Crippen LogP contribution in [0.15, 0.2) is 29.4 Å². The molecule has 14 heavy (non-hydrogen) atoms. The zero-order valence-corrected chi connectivity index (χ0v) is 9.23. The quantitative estimate of drug-likeness (QED) is 0.627. The molecule has 0 atom stereocenters. The van der Waals surface area contributed by atoms with E-state index in [9.17, 15) is 0 Å². The SMILES string of the molecule is CC.CN1N=Cc2ccccc2N1C. The van der Waals surface area contributed by atoms with Gasteiger partial charge in [-0.05, 0) is 6.07 Å². The molecular weight excluding hydrogens is 174 g/mol. The Balaban J connectivity index is 0.000000461. The molecule has 0 amide bonds. The minimum Gasteiger partial charge on any atom is -0.272 e. The Morgan fingerprint density at radius 3 is 2.43 bits per heavy atom. The lowest BCUT2D eigenvalue weighted by Gasteiger charge is -2.31. The molecule has 0 unspecified atom stereocenters. The molecule has 1 aliphatic heterocycles. The van der Waals surface area contributed by atoms with Crippen molar-refractivity contribution in [1.29, 1.82) is 0 Å². The molecule has 1 aliphatic rings. The number of anilines is 1. The van der Waals surface area contributed by atoms with E-state index >= 15 is 0 Å². The van der Waals surface area contributed by atoms with Crippen molar-refractivity contribution in [3.05, 3.63) is 29.8 Å². The third-order valence-corrected chi connectivity index (χ3v) is 2.08. The predicted octanol–water partition coefficient (Wildman–Crippen LogP) is 2.34. The van der Waals surface area contributed by atoms with Crippen LogP contribution in [0.25, 0.3) is 0 Å². The van der Waals surface area contributed by atoms with Crippen molar-refractivity contribution < 1.29 is 0 Å². The number of fused-ring (bicyclic) bond motifs is 1. The third kappa shape index (κ3) is 1.87. The maximum Gasteiger partial charge on any atom is 0.0675 e. The lowest BCUT2D eigenvalue weighted by Crippen LogP contribution is -2.35. The average molecular weight is 191 g/mol. The fraction of sp³-hybridized carbons (Fsp3) is 0.364. The van der Waals surface area contributed by atoms with Crippen LogP contribution in [0.5, 0.6) is 0 Å². The van der Waals surface area contributed by atoms with Crippen molar-refractivity contribution in [1.82, 2.24) is 5.12 Å². The summed E-state index contributed by atoms with van der Waals surface area (Å²) in [7, 11) is 3.92. The molecule has 1 heterocycles. The molecule has 1 aromatic carbocycles. The number of hydrazone groups is 1. The molecule has 0 spiro atoms. The van der Waals surface area contributed by atoms with Crippen LogP contribution in [0.3, 0.4) is 0 Å². The number of benzene rings is 1. The van der Waals surface area contributed by atoms with Crippen LogP contribution in [-0.2, 0) is 0 Å². The predicted molar refractivity (Wildman–Crippen MR) is 61.6 cm³/mol. The molecular formula is C11H17N3. The molecule has 0 radical (unpaired) electrons. The first-order valence-electron chi connectivity index (χ1n) is 4.89. The third-order valence-electron chi connectivity index (χ3n) is 2.08. The van der Waals surface area contributed by atoms with Crippen LogP contribution in [0.2, 0.25) is 0 Å². The van der Waals surface area contributed by atoms with Crippen molar-refractivity contribution in [2.75, 3.05) is 19.1 Å². The minimum absolute atomic E-state index is 1.16. The first kappa shape index (κ1) is 10.6. The summed E-state index contributed by atoms with van der Waals surface area (Å²) in [5, 5.41) is 8.00. The monoisotopic (exact) mass is 191 g/mol. The van der Waals surface area contributed by atoms with Crippen LogP contribution in [0.1, 0.15) is 19.4 Å². The Hall–Kier alpha value is -1.51. The molecule has 0 fully saturated rings. The van der Waals surface area contributed by atoms with Gasteiger partial charge in [-0.1, -0.05) is 32.0 Å². The molecule has 1 aromatic rings. The highest BCUT2D eigenvalue weighted by molar-refractivity contribution is 5.88. The number of nitrogens with zero attached hydrogens (tertiary/aromatic N) is 3. The van der Waals surface area contributed by atoms with E-state index in [0.29, 0.717) is 0 Å². The van der Waals surface area contributed by atoms with Crippen molar-refractivity contribution in [3.8, 4) is 0 Å². The standard InChI is InChI=1S/C9H11N3.C2H6/c1-11-9-6-4-3-5-8(9)7-10-12(11)2;1-2/h3-7H,1-2H3;1-2H3. The number of hydrogen-bond acceptors (Lipinski definition) is 3. The van der Waals surface area contributed by atoms with Crippen LogP contribution < -0.4 is 5.01 Å². The van der Waals surface area contributed by atoms with Crippen molar-refractivity contribution in [3.63, 3.8) is 0 Å². The van der Waals surface area contributed by atoms with E-state index in [0.717, 1.165) is 5.56 Å². The zero-order chi connectivity index (χ0) is 10.6. The van der Waals surface area contributed by atoms with Gasteiger partial charge < -0.3 is 0 Å². The lowest BCUT2D eigenvalue weighted by molar-refractivity contribution is 0.341. The van der Waals surface area contributed by atoms with Crippen LogP contribution in [0.4, 0.5) is 5.69 Å². The highest BCUT2D eigenvalue weighted by Gasteiger charge is 2.12. The van der Waals surface area contributed by atoms with E-state index in [4.69, 9.17) is 0 Å². The van der Waals surface area contributed by atoms with Gasteiger partial charge in [-0.3, -0.25) is 5.01 Å². The summed E-state index contributed by atoms with van der Waals surface area (Å²) >= 11 is 0. The first-order valence-corrected chi connectivity index (χ1v) is 4.89. The number of rotatable bonds is 0. The van der Waals surface area contributed by atoms with Crippen LogP contribution in [0, 0.1) is 0 Å². The number of hydrazine groups is 1. The van der Waals surface area contributed by atoms with Gasteiger partial charge in [0, 0.05) is 19.7 Å². The second-order valence-electron chi connectivity index (χ2n) is 2.82. The van der Waals surface area contributed by atoms with Crippen LogP contribution in [-0.4, -0.2) is 25.4 Å².